The molecule has 0 aliphatic heterocycles. The van der Waals surface area contributed by atoms with E-state index in [1.165, 1.54) is 5.56 Å². The molecule has 0 saturated carbocycles. The number of hydrogen-bond donors (Lipinski definition) is 1. The second kappa shape index (κ2) is 6.09. The summed E-state index contributed by atoms with van der Waals surface area (Å²) in [5.74, 6) is 6.25. The summed E-state index contributed by atoms with van der Waals surface area (Å²) in [6.07, 6.45) is 0.737. The predicted octanol–water partition coefficient (Wildman–Crippen LogP) is 2.90. The first-order valence-corrected chi connectivity index (χ1v) is 5.66. The standard InChI is InChI=1S/C12H18ClNO2/c1-8(2)12-9(4-5-16-14)6-10(13)7-11(12)15-3/h6-8H,4-5,14H2,1-3H3. The van der Waals surface area contributed by atoms with Gasteiger partial charge in [0, 0.05) is 10.6 Å². The maximum atomic E-state index is 6.03. The Morgan fingerprint density at radius 3 is 2.56 bits per heavy atom. The summed E-state index contributed by atoms with van der Waals surface area (Å²) in [6, 6.07) is 3.78. The van der Waals surface area contributed by atoms with E-state index in [4.69, 9.17) is 22.2 Å². The molecule has 0 fully saturated rings. The Morgan fingerprint density at radius 1 is 1.38 bits per heavy atom. The average Bonchev–Trinajstić information content (AvgIpc) is 2.24. The van der Waals surface area contributed by atoms with Gasteiger partial charge in [-0.05, 0) is 30.0 Å². The molecule has 4 heteroatoms. The van der Waals surface area contributed by atoms with Crippen LogP contribution in [0.3, 0.4) is 0 Å². The lowest BCUT2D eigenvalue weighted by Crippen LogP contribution is -2.07. The number of nitrogens with two attached hydrogens (primary N) is 1. The van der Waals surface area contributed by atoms with Crippen LogP contribution in [0.4, 0.5) is 0 Å². The number of halogens is 1. The molecule has 1 aromatic carbocycles. The van der Waals surface area contributed by atoms with Gasteiger partial charge in [0.15, 0.2) is 0 Å². The van der Waals surface area contributed by atoms with Gasteiger partial charge in [-0.25, -0.2) is 5.90 Å². The molecule has 3 nitrogen and oxygen atoms in total. The van der Waals surface area contributed by atoms with Crippen LogP contribution in [-0.2, 0) is 11.3 Å². The van der Waals surface area contributed by atoms with Crippen molar-refractivity contribution in [3.63, 3.8) is 0 Å². The van der Waals surface area contributed by atoms with Crippen molar-refractivity contribution in [3.05, 3.63) is 28.3 Å². The Balaban J connectivity index is 3.15. The van der Waals surface area contributed by atoms with Crippen molar-refractivity contribution in [2.75, 3.05) is 13.7 Å². The number of methoxy groups -OCH3 is 1. The van der Waals surface area contributed by atoms with Crippen LogP contribution in [0, 0.1) is 0 Å². The van der Waals surface area contributed by atoms with Gasteiger partial charge >= 0.3 is 0 Å². The predicted molar refractivity (Wildman–Crippen MR) is 65.9 cm³/mol. The van der Waals surface area contributed by atoms with Gasteiger partial charge in [0.05, 0.1) is 13.7 Å². The Hall–Kier alpha value is -0.770. The summed E-state index contributed by atoms with van der Waals surface area (Å²) in [6.45, 7) is 4.72. The number of rotatable bonds is 5. The van der Waals surface area contributed by atoms with E-state index < -0.39 is 0 Å². The molecule has 0 unspecified atom stereocenters. The summed E-state index contributed by atoms with van der Waals surface area (Å²) < 4.78 is 5.35. The fraction of sp³-hybridized carbons (Fsp3) is 0.500. The Kier molecular flexibility index (Phi) is 5.06. The largest absolute Gasteiger partial charge is 0.496 e. The van der Waals surface area contributed by atoms with E-state index >= 15 is 0 Å². The maximum absolute atomic E-state index is 6.03. The van der Waals surface area contributed by atoms with Crippen molar-refractivity contribution in [3.8, 4) is 5.75 Å². The second-order valence-electron chi connectivity index (χ2n) is 3.96. The van der Waals surface area contributed by atoms with E-state index in [2.05, 4.69) is 18.7 Å². The van der Waals surface area contributed by atoms with Crippen molar-refractivity contribution < 1.29 is 9.57 Å². The summed E-state index contributed by atoms with van der Waals surface area (Å²) >= 11 is 6.03. The van der Waals surface area contributed by atoms with Crippen LogP contribution in [0.2, 0.25) is 5.02 Å². The molecule has 0 spiro atoms. The normalized spacial score (nSPS) is 10.9. The third kappa shape index (κ3) is 3.11. The molecule has 16 heavy (non-hydrogen) atoms. The number of benzene rings is 1. The van der Waals surface area contributed by atoms with Gasteiger partial charge in [-0.15, -0.1) is 0 Å². The molecule has 1 rings (SSSR count). The first-order chi connectivity index (χ1) is 7.60. The maximum Gasteiger partial charge on any atom is 0.124 e. The highest BCUT2D eigenvalue weighted by Crippen LogP contribution is 2.33. The minimum atomic E-state index is 0.375. The van der Waals surface area contributed by atoms with E-state index in [0.717, 1.165) is 17.7 Å². The lowest BCUT2D eigenvalue weighted by molar-refractivity contribution is 0.141. The Morgan fingerprint density at radius 2 is 2.06 bits per heavy atom. The van der Waals surface area contributed by atoms with E-state index in [1.807, 2.05) is 12.1 Å². The molecule has 0 bridgehead atoms. The van der Waals surface area contributed by atoms with Crippen LogP contribution >= 0.6 is 11.6 Å². The molecule has 0 saturated heterocycles. The monoisotopic (exact) mass is 243 g/mol. The van der Waals surface area contributed by atoms with Gasteiger partial charge in [0.2, 0.25) is 0 Å². The molecule has 0 atom stereocenters. The second-order valence-corrected chi connectivity index (χ2v) is 4.39. The SMILES string of the molecule is COc1cc(Cl)cc(CCON)c1C(C)C. The molecule has 0 amide bonds. The average molecular weight is 244 g/mol. The zero-order valence-electron chi connectivity index (χ0n) is 9.92. The molecule has 90 valence electrons. The fourth-order valence-corrected chi connectivity index (χ4v) is 2.08. The minimum Gasteiger partial charge on any atom is -0.496 e. The summed E-state index contributed by atoms with van der Waals surface area (Å²) in [4.78, 5) is 4.61. The molecule has 0 aliphatic rings. The van der Waals surface area contributed by atoms with Crippen molar-refractivity contribution in [1.29, 1.82) is 0 Å². The van der Waals surface area contributed by atoms with Crippen LogP contribution in [0.25, 0.3) is 0 Å². The van der Waals surface area contributed by atoms with Crippen molar-refractivity contribution in [1.82, 2.24) is 0 Å². The molecular formula is C12H18ClNO2. The zero-order chi connectivity index (χ0) is 12.1. The molecule has 2 N–H and O–H groups in total. The van der Waals surface area contributed by atoms with Gasteiger partial charge in [-0.3, -0.25) is 0 Å². The molecule has 0 aliphatic carbocycles. The van der Waals surface area contributed by atoms with E-state index in [-0.39, 0.29) is 0 Å². The lowest BCUT2D eigenvalue weighted by atomic mass is 9.94. The Labute approximate surface area is 101 Å². The van der Waals surface area contributed by atoms with E-state index in [9.17, 15) is 0 Å². The van der Waals surface area contributed by atoms with Crippen LogP contribution in [0.1, 0.15) is 30.9 Å². The summed E-state index contributed by atoms with van der Waals surface area (Å²) in [7, 11) is 1.65. The van der Waals surface area contributed by atoms with Gasteiger partial charge in [-0.1, -0.05) is 25.4 Å². The molecule has 0 aromatic heterocycles. The van der Waals surface area contributed by atoms with Gasteiger partial charge < -0.3 is 9.57 Å². The Bertz CT molecular complexity index is 353. The number of ether oxygens (including phenoxy) is 1. The quantitative estimate of drug-likeness (QED) is 0.809. The third-order valence-corrected chi connectivity index (χ3v) is 2.70. The lowest BCUT2D eigenvalue weighted by Gasteiger charge is -2.17. The zero-order valence-corrected chi connectivity index (χ0v) is 10.7. The van der Waals surface area contributed by atoms with Crippen molar-refractivity contribution in [2.24, 2.45) is 5.90 Å². The first-order valence-electron chi connectivity index (χ1n) is 5.28. The molecule has 0 radical (unpaired) electrons. The van der Waals surface area contributed by atoms with E-state index in [1.54, 1.807) is 7.11 Å². The highest BCUT2D eigenvalue weighted by molar-refractivity contribution is 6.30. The van der Waals surface area contributed by atoms with Gasteiger partial charge in [0.1, 0.15) is 5.75 Å². The summed E-state index contributed by atoms with van der Waals surface area (Å²) in [5.41, 5.74) is 2.30. The van der Waals surface area contributed by atoms with Crippen LogP contribution in [0.5, 0.6) is 5.75 Å². The van der Waals surface area contributed by atoms with Crippen molar-refractivity contribution in [2.45, 2.75) is 26.2 Å². The molecule has 1 aromatic rings. The third-order valence-electron chi connectivity index (χ3n) is 2.48. The van der Waals surface area contributed by atoms with Crippen LogP contribution < -0.4 is 10.6 Å². The topological polar surface area (TPSA) is 44.5 Å². The summed E-state index contributed by atoms with van der Waals surface area (Å²) in [5, 5.41) is 0.674. The van der Waals surface area contributed by atoms with Crippen molar-refractivity contribution >= 4 is 11.6 Å². The highest BCUT2D eigenvalue weighted by atomic mass is 35.5. The van der Waals surface area contributed by atoms with Gasteiger partial charge in [0.25, 0.3) is 0 Å². The first kappa shape index (κ1) is 13.3. The van der Waals surface area contributed by atoms with E-state index in [0.29, 0.717) is 17.5 Å². The molecular weight excluding hydrogens is 226 g/mol. The number of hydrogen-bond acceptors (Lipinski definition) is 3. The highest BCUT2D eigenvalue weighted by Gasteiger charge is 2.14. The smallest absolute Gasteiger partial charge is 0.124 e. The minimum absolute atomic E-state index is 0.375. The fourth-order valence-electron chi connectivity index (χ4n) is 1.85. The van der Waals surface area contributed by atoms with Crippen LogP contribution in [0.15, 0.2) is 12.1 Å². The molecule has 0 heterocycles. The van der Waals surface area contributed by atoms with Crippen LogP contribution in [-0.4, -0.2) is 13.7 Å². The van der Waals surface area contributed by atoms with Gasteiger partial charge in [-0.2, -0.15) is 0 Å².